The molecule has 102 valence electrons. The highest BCUT2D eigenvalue weighted by atomic mass is 16.5. The van der Waals surface area contributed by atoms with E-state index in [2.05, 4.69) is 0 Å². The second-order valence-electron chi connectivity index (χ2n) is 4.00. The van der Waals surface area contributed by atoms with Gasteiger partial charge < -0.3 is 18.9 Å². The third-order valence-electron chi connectivity index (χ3n) is 2.69. The Morgan fingerprint density at radius 3 is 1.72 bits per heavy atom. The van der Waals surface area contributed by atoms with Crippen LogP contribution >= 0.6 is 0 Å². The zero-order valence-corrected chi connectivity index (χ0v) is 11.8. The monoisotopic (exact) mass is 255 g/mol. The Morgan fingerprint density at radius 1 is 0.833 bits per heavy atom. The van der Waals surface area contributed by atoms with Gasteiger partial charge in [-0.1, -0.05) is 0 Å². The van der Waals surface area contributed by atoms with Crippen molar-refractivity contribution in [2.75, 3.05) is 42.5 Å². The molecule has 18 heavy (non-hydrogen) atoms. The molecular weight excluding hydrogens is 234 g/mol. The summed E-state index contributed by atoms with van der Waals surface area (Å²) >= 11 is 0. The van der Waals surface area contributed by atoms with Crippen molar-refractivity contribution in [3.63, 3.8) is 0 Å². The molecule has 1 atom stereocenters. The van der Waals surface area contributed by atoms with Crippen molar-refractivity contribution in [2.45, 2.75) is 6.23 Å². The predicted molar refractivity (Wildman–Crippen MR) is 69.5 cm³/mol. The Labute approximate surface area is 108 Å². The van der Waals surface area contributed by atoms with E-state index in [1.807, 2.05) is 25.1 Å². The minimum absolute atomic E-state index is 0.209. The summed E-state index contributed by atoms with van der Waals surface area (Å²) in [5.41, 5.74) is 0.891. The highest BCUT2D eigenvalue weighted by Crippen LogP contribution is 2.38. The van der Waals surface area contributed by atoms with Crippen molar-refractivity contribution in [1.29, 1.82) is 0 Å². The summed E-state index contributed by atoms with van der Waals surface area (Å²) in [6.07, 6.45) is -0.209. The topological polar surface area (TPSA) is 40.2 Å². The molecule has 1 unspecified atom stereocenters. The van der Waals surface area contributed by atoms with E-state index in [-0.39, 0.29) is 6.23 Å². The Hall–Kier alpha value is -1.46. The second kappa shape index (κ2) is 6.47. The molecule has 0 radical (unpaired) electrons. The number of methoxy groups -OCH3 is 4. The van der Waals surface area contributed by atoms with Gasteiger partial charge in [-0.2, -0.15) is 0 Å². The minimum Gasteiger partial charge on any atom is -0.496 e. The highest BCUT2D eigenvalue weighted by molar-refractivity contribution is 5.51. The average Bonchev–Trinajstić information content (AvgIpc) is 2.38. The van der Waals surface area contributed by atoms with E-state index in [0.29, 0.717) is 17.2 Å². The summed E-state index contributed by atoms with van der Waals surface area (Å²) in [7, 11) is 10.3. The van der Waals surface area contributed by atoms with E-state index >= 15 is 0 Å². The molecule has 0 saturated carbocycles. The van der Waals surface area contributed by atoms with Crippen LogP contribution in [0.2, 0.25) is 0 Å². The first-order valence-corrected chi connectivity index (χ1v) is 5.58. The summed E-state index contributed by atoms with van der Waals surface area (Å²) < 4.78 is 21.4. The molecule has 0 aliphatic heterocycles. The van der Waals surface area contributed by atoms with E-state index in [4.69, 9.17) is 18.9 Å². The molecule has 5 heteroatoms. The number of benzene rings is 1. The van der Waals surface area contributed by atoms with Crippen LogP contribution in [0.15, 0.2) is 12.1 Å². The van der Waals surface area contributed by atoms with Gasteiger partial charge in [-0.3, -0.25) is 4.90 Å². The van der Waals surface area contributed by atoms with Gasteiger partial charge in [0.15, 0.2) is 11.5 Å². The fourth-order valence-corrected chi connectivity index (χ4v) is 1.86. The molecule has 1 aromatic rings. The number of nitrogens with zero attached hydrogens (tertiary/aromatic N) is 1. The van der Waals surface area contributed by atoms with E-state index in [1.165, 1.54) is 0 Å². The van der Waals surface area contributed by atoms with Crippen LogP contribution in [0.1, 0.15) is 11.8 Å². The fraction of sp³-hybridized carbons (Fsp3) is 0.538. The lowest BCUT2D eigenvalue weighted by atomic mass is 10.1. The maximum atomic E-state index is 5.46. The first-order chi connectivity index (χ1) is 8.58. The van der Waals surface area contributed by atoms with Gasteiger partial charge in [-0.25, -0.2) is 0 Å². The standard InChI is InChI=1S/C13H21NO4/c1-14(2)13(18-6)9-7-11(16-4)12(17-5)8-10(9)15-3/h7-8,13H,1-6H3. The van der Waals surface area contributed by atoms with Crippen molar-refractivity contribution < 1.29 is 18.9 Å². The zero-order chi connectivity index (χ0) is 13.7. The number of ether oxygens (including phenoxy) is 4. The van der Waals surface area contributed by atoms with Gasteiger partial charge in [-0.05, 0) is 20.2 Å². The Morgan fingerprint density at radius 2 is 1.33 bits per heavy atom. The Kier molecular flexibility index (Phi) is 5.25. The van der Waals surface area contributed by atoms with E-state index in [9.17, 15) is 0 Å². The molecule has 0 fully saturated rings. The SMILES string of the molecule is COc1cc(OC)c(C(OC)N(C)C)cc1OC. The molecule has 0 spiro atoms. The molecule has 0 saturated heterocycles. The third kappa shape index (κ3) is 2.86. The molecule has 1 aromatic carbocycles. The lowest BCUT2D eigenvalue weighted by Crippen LogP contribution is -2.22. The predicted octanol–water partition coefficient (Wildman–Crippen LogP) is 1.92. The maximum absolute atomic E-state index is 5.46. The van der Waals surface area contributed by atoms with Gasteiger partial charge in [0.2, 0.25) is 0 Å². The van der Waals surface area contributed by atoms with Gasteiger partial charge in [-0.15, -0.1) is 0 Å². The van der Waals surface area contributed by atoms with Crippen molar-refractivity contribution >= 4 is 0 Å². The van der Waals surface area contributed by atoms with E-state index in [1.54, 1.807) is 34.5 Å². The quantitative estimate of drug-likeness (QED) is 0.726. The Balaban J connectivity index is 3.32. The number of rotatable bonds is 6. The third-order valence-corrected chi connectivity index (χ3v) is 2.69. The Bertz CT molecular complexity index is 393. The van der Waals surface area contributed by atoms with Crippen LogP contribution in [-0.4, -0.2) is 47.4 Å². The van der Waals surface area contributed by atoms with Crippen LogP contribution in [0.4, 0.5) is 0 Å². The van der Waals surface area contributed by atoms with E-state index in [0.717, 1.165) is 5.56 Å². The average molecular weight is 255 g/mol. The first kappa shape index (κ1) is 14.6. The molecule has 1 rings (SSSR count). The smallest absolute Gasteiger partial charge is 0.164 e. The molecule has 0 N–H and O–H groups in total. The van der Waals surface area contributed by atoms with Gasteiger partial charge in [0.05, 0.1) is 21.3 Å². The highest BCUT2D eigenvalue weighted by Gasteiger charge is 2.21. The molecule has 0 aliphatic carbocycles. The van der Waals surface area contributed by atoms with Crippen LogP contribution in [-0.2, 0) is 4.74 Å². The van der Waals surface area contributed by atoms with Crippen LogP contribution < -0.4 is 14.2 Å². The van der Waals surface area contributed by atoms with Crippen molar-refractivity contribution in [2.24, 2.45) is 0 Å². The minimum atomic E-state index is -0.209. The van der Waals surface area contributed by atoms with Crippen LogP contribution in [0, 0.1) is 0 Å². The second-order valence-corrected chi connectivity index (χ2v) is 4.00. The van der Waals surface area contributed by atoms with Gasteiger partial charge >= 0.3 is 0 Å². The summed E-state index contributed by atoms with van der Waals surface area (Å²) in [6, 6.07) is 3.66. The summed E-state index contributed by atoms with van der Waals surface area (Å²) in [5, 5.41) is 0. The molecule has 5 nitrogen and oxygen atoms in total. The van der Waals surface area contributed by atoms with Gasteiger partial charge in [0.1, 0.15) is 12.0 Å². The number of hydrogen-bond donors (Lipinski definition) is 0. The number of hydrogen-bond acceptors (Lipinski definition) is 5. The first-order valence-electron chi connectivity index (χ1n) is 5.58. The normalized spacial score (nSPS) is 12.4. The maximum Gasteiger partial charge on any atom is 0.164 e. The van der Waals surface area contributed by atoms with Crippen molar-refractivity contribution in [1.82, 2.24) is 4.90 Å². The lowest BCUT2D eigenvalue weighted by molar-refractivity contribution is -0.00711. The molecule has 0 bridgehead atoms. The molecule has 0 aromatic heterocycles. The fourth-order valence-electron chi connectivity index (χ4n) is 1.86. The largest absolute Gasteiger partial charge is 0.496 e. The van der Waals surface area contributed by atoms with Gasteiger partial charge in [0.25, 0.3) is 0 Å². The molecule has 0 aliphatic rings. The van der Waals surface area contributed by atoms with Crippen LogP contribution in [0.25, 0.3) is 0 Å². The zero-order valence-electron chi connectivity index (χ0n) is 11.8. The molecule has 0 amide bonds. The van der Waals surface area contributed by atoms with Gasteiger partial charge in [0, 0.05) is 18.7 Å². The summed E-state index contributed by atoms with van der Waals surface area (Å²) in [6.45, 7) is 0. The lowest BCUT2D eigenvalue weighted by Gasteiger charge is -2.25. The summed E-state index contributed by atoms with van der Waals surface area (Å²) in [4.78, 5) is 1.95. The van der Waals surface area contributed by atoms with E-state index < -0.39 is 0 Å². The van der Waals surface area contributed by atoms with Crippen LogP contribution in [0.3, 0.4) is 0 Å². The van der Waals surface area contributed by atoms with Crippen molar-refractivity contribution in [3.8, 4) is 17.2 Å². The summed E-state index contributed by atoms with van der Waals surface area (Å²) in [5.74, 6) is 1.98. The molecule has 0 heterocycles. The van der Waals surface area contributed by atoms with Crippen molar-refractivity contribution in [3.05, 3.63) is 17.7 Å². The molecular formula is C13H21NO4. The van der Waals surface area contributed by atoms with Crippen LogP contribution in [0.5, 0.6) is 17.2 Å².